The molecule has 2 N–H and O–H groups in total. The van der Waals surface area contributed by atoms with E-state index in [1.54, 1.807) is 0 Å². The van der Waals surface area contributed by atoms with Crippen LogP contribution in [0.15, 0.2) is 0 Å². The molecule has 2 fully saturated rings. The first-order valence-corrected chi connectivity index (χ1v) is 6.54. The van der Waals surface area contributed by atoms with E-state index < -0.39 is 27.5 Å². The molecule has 0 spiro atoms. The largest absolute Gasteiger partial charge is 0.396 e. The summed E-state index contributed by atoms with van der Waals surface area (Å²) >= 11 is 0. The Bertz CT molecular complexity index is 345. The summed E-state index contributed by atoms with van der Waals surface area (Å²) in [5.41, 5.74) is -0.939. The van der Waals surface area contributed by atoms with Crippen LogP contribution in [0.25, 0.3) is 0 Å². The van der Waals surface area contributed by atoms with E-state index in [0.717, 1.165) is 0 Å². The minimum atomic E-state index is -2.57. The molecule has 88 valence electrons. The number of aliphatic hydroxyl groups excluding tert-OH is 2. The summed E-state index contributed by atoms with van der Waals surface area (Å²) in [6, 6.07) is 0. The third-order valence-corrected chi connectivity index (χ3v) is 5.97. The number of fused-ring (bicyclic) bond motifs is 2. The minimum Gasteiger partial charge on any atom is -0.396 e. The monoisotopic (exact) mass is 234 g/mol. The molecule has 5 unspecified atom stereocenters. The molecule has 0 heterocycles. The summed E-state index contributed by atoms with van der Waals surface area (Å²) < 4.78 is 22.3. The first-order chi connectivity index (χ1) is 6.87. The highest BCUT2D eigenvalue weighted by atomic mass is 32.2. The van der Waals surface area contributed by atoms with E-state index in [4.69, 9.17) is 0 Å². The van der Waals surface area contributed by atoms with Crippen LogP contribution in [0.2, 0.25) is 0 Å². The third kappa shape index (κ3) is 1.23. The fourth-order valence-corrected chi connectivity index (χ4v) is 4.97. The van der Waals surface area contributed by atoms with Gasteiger partial charge in [0.25, 0.3) is 0 Å². The molecule has 0 aromatic rings. The van der Waals surface area contributed by atoms with Crippen molar-refractivity contribution in [2.75, 3.05) is 6.61 Å². The second-order valence-electron chi connectivity index (χ2n) is 5.46. The number of aliphatic hydroxyl groups is 2. The lowest BCUT2D eigenvalue weighted by Crippen LogP contribution is -2.48. The molecule has 2 saturated carbocycles. The normalized spacial score (nSPS) is 54.1. The molecule has 4 nitrogen and oxygen atoms in total. The molecule has 15 heavy (non-hydrogen) atoms. The van der Waals surface area contributed by atoms with Crippen molar-refractivity contribution in [1.82, 2.24) is 0 Å². The highest BCUT2D eigenvalue weighted by Gasteiger charge is 2.67. The Morgan fingerprint density at radius 1 is 1.47 bits per heavy atom. The van der Waals surface area contributed by atoms with Crippen molar-refractivity contribution in [2.24, 2.45) is 16.7 Å². The van der Waals surface area contributed by atoms with Gasteiger partial charge in [0, 0.05) is 5.41 Å². The molecular formula is C10H18O4S. The van der Waals surface area contributed by atoms with Crippen LogP contribution < -0.4 is 0 Å². The standard InChI is InChI=1S/C10H18O4S/c1-6-8(12)10(5-11)4-9(6,2)3-7(10)15(13)14/h6-8,11-12,15H,3-5H2,1-2H3. The molecule has 0 saturated heterocycles. The van der Waals surface area contributed by atoms with Gasteiger partial charge in [-0.1, -0.05) is 13.8 Å². The average molecular weight is 234 g/mol. The predicted molar refractivity (Wildman–Crippen MR) is 56.1 cm³/mol. The lowest BCUT2D eigenvalue weighted by atomic mass is 9.73. The van der Waals surface area contributed by atoms with Crippen LogP contribution in [0, 0.1) is 16.7 Å². The molecule has 0 amide bonds. The van der Waals surface area contributed by atoms with Gasteiger partial charge in [0.05, 0.1) is 18.0 Å². The van der Waals surface area contributed by atoms with Crippen molar-refractivity contribution in [2.45, 2.75) is 38.0 Å². The molecule has 2 rings (SSSR count). The fraction of sp³-hybridized carbons (Fsp3) is 1.00. The Kier molecular flexibility index (Phi) is 2.41. The van der Waals surface area contributed by atoms with E-state index in [2.05, 4.69) is 0 Å². The van der Waals surface area contributed by atoms with Crippen LogP contribution in [-0.4, -0.2) is 36.6 Å². The quantitative estimate of drug-likeness (QED) is 0.576. The molecule has 2 bridgehead atoms. The molecule has 2 aliphatic carbocycles. The van der Waals surface area contributed by atoms with E-state index in [1.807, 2.05) is 13.8 Å². The Balaban J connectivity index is 2.46. The summed E-state index contributed by atoms with van der Waals surface area (Å²) in [5, 5.41) is 19.0. The highest BCUT2D eigenvalue weighted by molar-refractivity contribution is 7.73. The topological polar surface area (TPSA) is 74.6 Å². The van der Waals surface area contributed by atoms with Gasteiger partial charge < -0.3 is 10.2 Å². The Morgan fingerprint density at radius 2 is 2.07 bits per heavy atom. The van der Waals surface area contributed by atoms with Gasteiger partial charge in [-0.15, -0.1) is 0 Å². The second kappa shape index (κ2) is 3.18. The van der Waals surface area contributed by atoms with Crippen LogP contribution in [-0.2, 0) is 10.7 Å². The summed E-state index contributed by atoms with van der Waals surface area (Å²) in [7, 11) is -2.57. The molecule has 5 heteroatoms. The van der Waals surface area contributed by atoms with Crippen LogP contribution in [0.5, 0.6) is 0 Å². The van der Waals surface area contributed by atoms with Crippen molar-refractivity contribution in [3.63, 3.8) is 0 Å². The number of rotatable bonds is 2. The SMILES string of the molecule is CC1C(O)C2(CO)CC1(C)CC2[SH](=O)=O. The van der Waals surface area contributed by atoms with Crippen molar-refractivity contribution < 1.29 is 18.6 Å². The molecule has 0 aromatic heterocycles. The van der Waals surface area contributed by atoms with Crippen molar-refractivity contribution >= 4 is 10.7 Å². The number of hydrogen-bond donors (Lipinski definition) is 3. The average Bonchev–Trinajstić information content (AvgIpc) is 2.59. The molecule has 2 aliphatic rings. The van der Waals surface area contributed by atoms with Crippen molar-refractivity contribution in [3.8, 4) is 0 Å². The number of thiol groups is 1. The zero-order valence-corrected chi connectivity index (χ0v) is 9.91. The van der Waals surface area contributed by atoms with Crippen LogP contribution in [0.4, 0.5) is 0 Å². The molecular weight excluding hydrogens is 216 g/mol. The molecule has 5 atom stereocenters. The van der Waals surface area contributed by atoms with Gasteiger partial charge in [0.15, 0.2) is 0 Å². The Morgan fingerprint density at radius 3 is 2.47 bits per heavy atom. The summed E-state index contributed by atoms with van der Waals surface area (Å²) in [5.74, 6) is 0.0656. The maximum absolute atomic E-state index is 11.2. The second-order valence-corrected chi connectivity index (χ2v) is 6.65. The van der Waals surface area contributed by atoms with E-state index in [1.165, 1.54) is 0 Å². The zero-order valence-electron chi connectivity index (χ0n) is 9.01. The van der Waals surface area contributed by atoms with Crippen LogP contribution in [0.3, 0.4) is 0 Å². The van der Waals surface area contributed by atoms with Gasteiger partial charge in [0.2, 0.25) is 0 Å². The van der Waals surface area contributed by atoms with Crippen LogP contribution in [0.1, 0.15) is 26.7 Å². The van der Waals surface area contributed by atoms with E-state index in [-0.39, 0.29) is 17.9 Å². The van der Waals surface area contributed by atoms with Gasteiger partial charge in [-0.3, -0.25) is 0 Å². The van der Waals surface area contributed by atoms with Crippen LogP contribution >= 0.6 is 0 Å². The first kappa shape index (κ1) is 11.4. The summed E-state index contributed by atoms with van der Waals surface area (Å²) in [6.45, 7) is 3.72. The smallest absolute Gasteiger partial charge is 0.143 e. The third-order valence-electron chi connectivity index (χ3n) is 4.77. The minimum absolute atomic E-state index is 0.0656. The van der Waals surface area contributed by atoms with E-state index in [0.29, 0.717) is 12.8 Å². The highest BCUT2D eigenvalue weighted by Crippen LogP contribution is 2.64. The first-order valence-electron chi connectivity index (χ1n) is 5.30. The summed E-state index contributed by atoms with van der Waals surface area (Å²) in [6.07, 6.45) is 0.497. The number of hydrogen-bond acceptors (Lipinski definition) is 4. The van der Waals surface area contributed by atoms with E-state index in [9.17, 15) is 18.6 Å². The lowest BCUT2D eigenvalue weighted by Gasteiger charge is -2.39. The Labute approximate surface area is 91.3 Å². The van der Waals surface area contributed by atoms with Gasteiger partial charge >= 0.3 is 0 Å². The maximum atomic E-state index is 11.2. The van der Waals surface area contributed by atoms with Gasteiger partial charge in [-0.05, 0) is 24.2 Å². The van der Waals surface area contributed by atoms with Gasteiger partial charge in [0.1, 0.15) is 10.7 Å². The maximum Gasteiger partial charge on any atom is 0.143 e. The zero-order chi connectivity index (χ0) is 11.4. The summed E-state index contributed by atoms with van der Waals surface area (Å²) in [4.78, 5) is 0. The molecule has 0 radical (unpaired) electrons. The molecule has 0 aromatic carbocycles. The van der Waals surface area contributed by atoms with Gasteiger partial charge in [-0.25, -0.2) is 8.42 Å². The fourth-order valence-electron chi connectivity index (χ4n) is 3.65. The van der Waals surface area contributed by atoms with E-state index >= 15 is 0 Å². The van der Waals surface area contributed by atoms with Crippen molar-refractivity contribution in [3.05, 3.63) is 0 Å². The van der Waals surface area contributed by atoms with Gasteiger partial charge in [-0.2, -0.15) is 0 Å². The Hall–Kier alpha value is -0.130. The van der Waals surface area contributed by atoms with Crippen molar-refractivity contribution in [1.29, 1.82) is 0 Å². The lowest BCUT2D eigenvalue weighted by molar-refractivity contribution is -0.0297. The molecule has 0 aliphatic heterocycles. The predicted octanol–water partition coefficient (Wildman–Crippen LogP) is -0.244.